The highest BCUT2D eigenvalue weighted by Crippen LogP contribution is 2.36. The molecule has 0 radical (unpaired) electrons. The van der Waals surface area contributed by atoms with Crippen LogP contribution in [0.4, 0.5) is 0 Å². The number of ether oxygens (including phenoxy) is 1. The zero-order chi connectivity index (χ0) is 13.0. The maximum Gasteiger partial charge on any atom is 0.123 e. The first-order valence-corrected chi connectivity index (χ1v) is 7.54. The molecule has 2 aromatic carbocycles. The highest BCUT2D eigenvalue weighted by molar-refractivity contribution is 9.10. The molecule has 0 fully saturated rings. The Labute approximate surface area is 124 Å². The van der Waals surface area contributed by atoms with E-state index in [1.54, 1.807) is 0 Å². The SMILES string of the molecule is CCOc1ccccc1C(Br)c1ccc(Br)cc1. The molecule has 1 nitrogen and oxygen atoms in total. The first-order chi connectivity index (χ1) is 8.72. The number of benzene rings is 2. The van der Waals surface area contributed by atoms with E-state index in [1.807, 2.05) is 37.3 Å². The molecule has 0 N–H and O–H groups in total. The van der Waals surface area contributed by atoms with Crippen LogP contribution in [0.2, 0.25) is 0 Å². The van der Waals surface area contributed by atoms with Gasteiger partial charge in [-0.1, -0.05) is 62.2 Å². The fourth-order valence-corrected chi connectivity index (χ4v) is 2.74. The minimum atomic E-state index is 0.147. The van der Waals surface area contributed by atoms with Gasteiger partial charge in [0.25, 0.3) is 0 Å². The van der Waals surface area contributed by atoms with E-state index >= 15 is 0 Å². The topological polar surface area (TPSA) is 9.23 Å². The minimum absolute atomic E-state index is 0.147. The molecule has 18 heavy (non-hydrogen) atoms. The largest absolute Gasteiger partial charge is 0.494 e. The van der Waals surface area contributed by atoms with Crippen molar-refractivity contribution in [3.05, 3.63) is 64.1 Å². The molecular weight excluding hydrogens is 356 g/mol. The second-order valence-corrected chi connectivity index (χ2v) is 5.72. The van der Waals surface area contributed by atoms with Gasteiger partial charge in [0.05, 0.1) is 11.4 Å². The Morgan fingerprint density at radius 1 is 1.06 bits per heavy atom. The van der Waals surface area contributed by atoms with Crippen molar-refractivity contribution in [3.8, 4) is 5.75 Å². The van der Waals surface area contributed by atoms with Crippen LogP contribution in [0.25, 0.3) is 0 Å². The summed E-state index contributed by atoms with van der Waals surface area (Å²) in [6.45, 7) is 2.68. The predicted molar refractivity (Wildman–Crippen MR) is 82.5 cm³/mol. The first kappa shape index (κ1) is 13.6. The van der Waals surface area contributed by atoms with Gasteiger partial charge in [0.15, 0.2) is 0 Å². The molecular formula is C15H14Br2O. The lowest BCUT2D eigenvalue weighted by Crippen LogP contribution is -1.99. The molecule has 0 saturated carbocycles. The molecule has 0 saturated heterocycles. The van der Waals surface area contributed by atoms with Crippen molar-refractivity contribution < 1.29 is 4.74 Å². The third-order valence-corrected chi connectivity index (χ3v) is 4.21. The van der Waals surface area contributed by atoms with E-state index in [0.717, 1.165) is 15.8 Å². The summed E-state index contributed by atoms with van der Waals surface area (Å²) in [7, 11) is 0. The second kappa shape index (κ2) is 6.39. The number of alkyl halides is 1. The average Bonchev–Trinajstić information content (AvgIpc) is 2.40. The van der Waals surface area contributed by atoms with Crippen LogP contribution in [0, 0.1) is 0 Å². The zero-order valence-electron chi connectivity index (χ0n) is 10.1. The van der Waals surface area contributed by atoms with Gasteiger partial charge in [-0.05, 0) is 30.7 Å². The highest BCUT2D eigenvalue weighted by atomic mass is 79.9. The van der Waals surface area contributed by atoms with Crippen molar-refractivity contribution >= 4 is 31.9 Å². The Balaban J connectivity index is 2.33. The molecule has 1 atom stereocenters. The Hall–Kier alpha value is -0.800. The molecule has 2 rings (SSSR count). The molecule has 0 aromatic heterocycles. The summed E-state index contributed by atoms with van der Waals surface area (Å²) in [6.07, 6.45) is 0. The van der Waals surface area contributed by atoms with Crippen molar-refractivity contribution in [3.63, 3.8) is 0 Å². The van der Waals surface area contributed by atoms with Crippen LogP contribution < -0.4 is 4.74 Å². The lowest BCUT2D eigenvalue weighted by atomic mass is 10.0. The molecule has 3 heteroatoms. The van der Waals surface area contributed by atoms with Crippen LogP contribution in [-0.4, -0.2) is 6.61 Å². The normalized spacial score (nSPS) is 12.2. The summed E-state index contributed by atoms with van der Waals surface area (Å²) in [5.74, 6) is 0.935. The van der Waals surface area contributed by atoms with Gasteiger partial charge in [-0.15, -0.1) is 0 Å². The molecule has 0 amide bonds. The third-order valence-electron chi connectivity index (χ3n) is 2.65. The van der Waals surface area contributed by atoms with Gasteiger partial charge < -0.3 is 4.74 Å². The van der Waals surface area contributed by atoms with E-state index in [-0.39, 0.29) is 4.83 Å². The molecule has 0 aliphatic rings. The second-order valence-electron chi connectivity index (χ2n) is 3.88. The van der Waals surface area contributed by atoms with Gasteiger partial charge in [-0.25, -0.2) is 0 Å². The molecule has 2 aromatic rings. The maximum atomic E-state index is 5.66. The summed E-state index contributed by atoms with van der Waals surface area (Å²) in [5.41, 5.74) is 2.37. The van der Waals surface area contributed by atoms with Gasteiger partial charge >= 0.3 is 0 Å². The molecule has 0 aliphatic heterocycles. The van der Waals surface area contributed by atoms with Crippen molar-refractivity contribution in [1.82, 2.24) is 0 Å². The fourth-order valence-electron chi connectivity index (χ4n) is 1.79. The number of halogens is 2. The van der Waals surface area contributed by atoms with E-state index in [1.165, 1.54) is 5.56 Å². The van der Waals surface area contributed by atoms with Crippen molar-refractivity contribution in [2.24, 2.45) is 0 Å². The minimum Gasteiger partial charge on any atom is -0.494 e. The molecule has 0 spiro atoms. The third kappa shape index (κ3) is 3.15. The van der Waals surface area contributed by atoms with Gasteiger partial charge in [-0.2, -0.15) is 0 Å². The number of hydrogen-bond acceptors (Lipinski definition) is 1. The molecule has 0 bridgehead atoms. The van der Waals surface area contributed by atoms with E-state index in [2.05, 4.69) is 50.1 Å². The summed E-state index contributed by atoms with van der Waals surface area (Å²) < 4.78 is 6.75. The van der Waals surface area contributed by atoms with Crippen molar-refractivity contribution in [2.45, 2.75) is 11.8 Å². The van der Waals surface area contributed by atoms with Gasteiger partial charge in [0.2, 0.25) is 0 Å². The van der Waals surface area contributed by atoms with Crippen LogP contribution in [-0.2, 0) is 0 Å². The Bertz CT molecular complexity index is 508. The van der Waals surface area contributed by atoms with Gasteiger partial charge in [0, 0.05) is 10.0 Å². The smallest absolute Gasteiger partial charge is 0.123 e. The predicted octanol–water partition coefficient (Wildman–Crippen LogP) is 5.33. The Morgan fingerprint density at radius 3 is 2.39 bits per heavy atom. The van der Waals surface area contributed by atoms with E-state index in [0.29, 0.717) is 6.61 Å². The number of hydrogen-bond donors (Lipinski definition) is 0. The Morgan fingerprint density at radius 2 is 1.72 bits per heavy atom. The van der Waals surface area contributed by atoms with Crippen LogP contribution in [0.3, 0.4) is 0 Å². The van der Waals surface area contributed by atoms with Crippen LogP contribution in [0.5, 0.6) is 5.75 Å². The van der Waals surface area contributed by atoms with E-state index in [9.17, 15) is 0 Å². The standard InChI is InChI=1S/C15H14Br2O/c1-2-18-14-6-4-3-5-13(14)15(17)11-7-9-12(16)10-8-11/h3-10,15H,2H2,1H3. The summed E-state index contributed by atoms with van der Waals surface area (Å²) in [5, 5.41) is 0. The lowest BCUT2D eigenvalue weighted by molar-refractivity contribution is 0.337. The van der Waals surface area contributed by atoms with Gasteiger partial charge in [-0.3, -0.25) is 0 Å². The molecule has 1 unspecified atom stereocenters. The van der Waals surface area contributed by atoms with E-state index in [4.69, 9.17) is 4.74 Å². The quantitative estimate of drug-likeness (QED) is 0.661. The Kier molecular flexibility index (Phi) is 4.84. The zero-order valence-corrected chi connectivity index (χ0v) is 13.2. The summed E-state index contributed by atoms with van der Waals surface area (Å²) in [4.78, 5) is 0.147. The number of rotatable bonds is 4. The van der Waals surface area contributed by atoms with Crippen LogP contribution in [0.1, 0.15) is 22.9 Å². The summed E-state index contributed by atoms with van der Waals surface area (Å²) in [6, 6.07) is 16.4. The molecule has 0 aliphatic carbocycles. The van der Waals surface area contributed by atoms with E-state index < -0.39 is 0 Å². The maximum absolute atomic E-state index is 5.66. The number of para-hydroxylation sites is 1. The highest BCUT2D eigenvalue weighted by Gasteiger charge is 2.14. The van der Waals surface area contributed by atoms with Crippen LogP contribution in [0.15, 0.2) is 53.0 Å². The fraction of sp³-hybridized carbons (Fsp3) is 0.200. The average molecular weight is 370 g/mol. The first-order valence-electron chi connectivity index (χ1n) is 5.83. The molecule has 94 valence electrons. The van der Waals surface area contributed by atoms with Gasteiger partial charge in [0.1, 0.15) is 5.75 Å². The monoisotopic (exact) mass is 368 g/mol. The van der Waals surface area contributed by atoms with Crippen LogP contribution >= 0.6 is 31.9 Å². The summed E-state index contributed by atoms with van der Waals surface area (Å²) >= 11 is 7.19. The lowest BCUT2D eigenvalue weighted by Gasteiger charge is -2.15. The van der Waals surface area contributed by atoms with Crippen molar-refractivity contribution in [1.29, 1.82) is 0 Å². The van der Waals surface area contributed by atoms with Crippen molar-refractivity contribution in [2.75, 3.05) is 6.61 Å². The molecule has 0 heterocycles.